The Hall–Kier alpha value is -3.02. The van der Waals surface area contributed by atoms with Gasteiger partial charge in [0.05, 0.1) is 25.4 Å². The van der Waals surface area contributed by atoms with E-state index in [1.54, 1.807) is 7.05 Å². The SMILES string of the molecule is CNCC(=O)O[C@@H](CCCOC(=O)/C=C/C=C\C(=O)O)C(=O)OC[C@]12CCC(C)=CC1OC1CCC2(C)C1CO. The van der Waals surface area contributed by atoms with Crippen molar-refractivity contribution in [3.8, 4) is 0 Å². The first-order valence-electron chi connectivity index (χ1n) is 13.7. The van der Waals surface area contributed by atoms with E-state index in [0.29, 0.717) is 0 Å². The van der Waals surface area contributed by atoms with E-state index >= 15 is 0 Å². The molecule has 2 bridgehead atoms. The van der Waals surface area contributed by atoms with Crippen molar-refractivity contribution >= 4 is 23.9 Å². The average Bonchev–Trinajstić information content (AvgIpc) is 3.17. The molecular formula is C29H41NO10. The molecule has 0 spiro atoms. The van der Waals surface area contributed by atoms with Gasteiger partial charge in [-0.2, -0.15) is 0 Å². The number of nitrogens with one attached hydrogen (secondary N) is 1. The Morgan fingerprint density at radius 2 is 1.95 bits per heavy atom. The number of likely N-dealkylation sites (N-methyl/N-ethyl adjacent to an activating group) is 1. The van der Waals surface area contributed by atoms with Gasteiger partial charge in [-0.15, -0.1) is 0 Å². The molecule has 0 amide bonds. The summed E-state index contributed by atoms with van der Waals surface area (Å²) in [4.78, 5) is 47.7. The van der Waals surface area contributed by atoms with Crippen LogP contribution in [0.2, 0.25) is 0 Å². The van der Waals surface area contributed by atoms with Gasteiger partial charge in [-0.05, 0) is 57.9 Å². The number of carboxylic acids is 1. The van der Waals surface area contributed by atoms with Crippen molar-refractivity contribution in [2.45, 2.75) is 70.7 Å². The molecule has 2 aliphatic carbocycles. The topological polar surface area (TPSA) is 158 Å². The number of aliphatic hydroxyl groups is 1. The fourth-order valence-electron chi connectivity index (χ4n) is 6.31. The lowest BCUT2D eigenvalue weighted by molar-refractivity contribution is -0.220. The van der Waals surface area contributed by atoms with E-state index < -0.39 is 35.4 Å². The van der Waals surface area contributed by atoms with Gasteiger partial charge in [-0.3, -0.25) is 4.79 Å². The van der Waals surface area contributed by atoms with E-state index in [9.17, 15) is 24.3 Å². The van der Waals surface area contributed by atoms with Crippen LogP contribution in [-0.2, 0) is 38.1 Å². The third kappa shape index (κ3) is 7.18. The van der Waals surface area contributed by atoms with Crippen LogP contribution in [0, 0.1) is 16.7 Å². The number of carbonyl (C=O) groups is 4. The Kier molecular flexibility index (Phi) is 11.1. The van der Waals surface area contributed by atoms with E-state index in [4.69, 9.17) is 24.1 Å². The van der Waals surface area contributed by atoms with Gasteiger partial charge in [0.1, 0.15) is 6.61 Å². The molecule has 3 aliphatic rings. The minimum Gasteiger partial charge on any atom is -0.478 e. The van der Waals surface area contributed by atoms with Crippen LogP contribution in [0.1, 0.15) is 52.4 Å². The molecule has 222 valence electrons. The molecule has 0 aromatic carbocycles. The Balaban J connectivity index is 1.65. The Morgan fingerprint density at radius 3 is 2.65 bits per heavy atom. The van der Waals surface area contributed by atoms with Crippen molar-refractivity contribution < 1.29 is 48.3 Å². The second kappa shape index (κ2) is 14.0. The van der Waals surface area contributed by atoms with E-state index in [1.807, 2.05) is 0 Å². The molecule has 11 heteroatoms. The van der Waals surface area contributed by atoms with Crippen LogP contribution in [0.5, 0.6) is 0 Å². The third-order valence-electron chi connectivity index (χ3n) is 8.58. The summed E-state index contributed by atoms with van der Waals surface area (Å²) in [6.45, 7) is 4.17. The molecule has 1 aliphatic heterocycles. The lowest BCUT2D eigenvalue weighted by Crippen LogP contribution is -2.61. The van der Waals surface area contributed by atoms with Crippen LogP contribution in [0.25, 0.3) is 0 Å². The number of aliphatic hydroxyl groups excluding tert-OH is 1. The molecule has 2 fully saturated rings. The molecule has 1 heterocycles. The van der Waals surface area contributed by atoms with Gasteiger partial charge in [0.25, 0.3) is 0 Å². The summed E-state index contributed by atoms with van der Waals surface area (Å²) in [5.74, 6) is -3.17. The number of hydrogen-bond donors (Lipinski definition) is 3. The van der Waals surface area contributed by atoms with Crippen molar-refractivity contribution in [2.75, 3.05) is 33.4 Å². The highest BCUT2D eigenvalue weighted by molar-refractivity contribution is 5.83. The molecule has 1 saturated carbocycles. The van der Waals surface area contributed by atoms with E-state index in [0.717, 1.165) is 37.8 Å². The van der Waals surface area contributed by atoms with Gasteiger partial charge in [0.2, 0.25) is 0 Å². The Morgan fingerprint density at radius 1 is 1.20 bits per heavy atom. The Bertz CT molecular complexity index is 1040. The lowest BCUT2D eigenvalue weighted by Gasteiger charge is -2.58. The van der Waals surface area contributed by atoms with E-state index in [2.05, 4.69) is 25.2 Å². The molecule has 40 heavy (non-hydrogen) atoms. The minimum absolute atomic E-state index is 0.000288. The van der Waals surface area contributed by atoms with Gasteiger partial charge in [0.15, 0.2) is 6.10 Å². The lowest BCUT2D eigenvalue weighted by atomic mass is 9.52. The molecule has 3 N–H and O–H groups in total. The summed E-state index contributed by atoms with van der Waals surface area (Å²) >= 11 is 0. The molecule has 0 aromatic heterocycles. The van der Waals surface area contributed by atoms with Crippen molar-refractivity contribution in [2.24, 2.45) is 16.7 Å². The second-order valence-corrected chi connectivity index (χ2v) is 11.0. The molecule has 4 unspecified atom stereocenters. The van der Waals surface area contributed by atoms with Crippen molar-refractivity contribution in [1.82, 2.24) is 5.32 Å². The maximum Gasteiger partial charge on any atom is 0.347 e. The van der Waals surface area contributed by atoms with E-state index in [-0.39, 0.29) is 62.7 Å². The summed E-state index contributed by atoms with van der Waals surface area (Å²) in [7, 11) is 1.58. The highest BCUT2D eigenvalue weighted by atomic mass is 16.6. The van der Waals surface area contributed by atoms with Crippen LogP contribution < -0.4 is 5.32 Å². The molecule has 0 aromatic rings. The van der Waals surface area contributed by atoms with Crippen molar-refractivity contribution in [1.29, 1.82) is 0 Å². The second-order valence-electron chi connectivity index (χ2n) is 11.0. The normalized spacial score (nSPS) is 30.0. The third-order valence-corrected chi connectivity index (χ3v) is 8.58. The summed E-state index contributed by atoms with van der Waals surface area (Å²) in [6, 6.07) is 0. The number of esters is 3. The van der Waals surface area contributed by atoms with Crippen LogP contribution in [0.4, 0.5) is 0 Å². The minimum atomic E-state index is -1.19. The zero-order valence-electron chi connectivity index (χ0n) is 23.4. The number of aliphatic carboxylic acids is 1. The summed E-state index contributed by atoms with van der Waals surface area (Å²) in [5.41, 5.74) is 0.421. The average molecular weight is 564 g/mol. The number of allylic oxidation sites excluding steroid dienone is 3. The van der Waals surface area contributed by atoms with Gasteiger partial charge < -0.3 is 34.5 Å². The predicted molar refractivity (Wildman–Crippen MR) is 143 cm³/mol. The Labute approximate surface area is 234 Å². The first-order chi connectivity index (χ1) is 19.1. The number of carboxylic acid groups (broad SMARTS) is 1. The molecule has 11 nitrogen and oxygen atoms in total. The largest absolute Gasteiger partial charge is 0.478 e. The highest BCUT2D eigenvalue weighted by Crippen LogP contribution is 2.64. The standard InChI is InChI=1S/C29H41NO10/c1-19-10-13-29(23(15-19)39-21-11-12-28(29,2)20(21)17-31)18-38-27(36)22(40-26(35)16-30-3)7-6-14-37-25(34)9-5-4-8-24(32)33/h4-5,8-9,15,20-23,30-31H,6-7,10-14,16-18H2,1-3H3,(H,32,33)/b8-4-,9-5+/t20?,21?,22-,23?,28?,29+/m0/s1. The summed E-state index contributed by atoms with van der Waals surface area (Å²) in [6.07, 6.45) is 8.63. The van der Waals surface area contributed by atoms with Gasteiger partial charge in [-0.25, -0.2) is 14.4 Å². The van der Waals surface area contributed by atoms with Crippen molar-refractivity contribution in [3.63, 3.8) is 0 Å². The fraction of sp³-hybridized carbons (Fsp3) is 0.655. The monoisotopic (exact) mass is 563 g/mol. The number of carbonyl (C=O) groups excluding carboxylic acids is 3. The molecule has 0 radical (unpaired) electrons. The quantitative estimate of drug-likeness (QED) is 0.0710. The fourth-order valence-corrected chi connectivity index (χ4v) is 6.31. The summed E-state index contributed by atoms with van der Waals surface area (Å²) < 4.78 is 22.8. The van der Waals surface area contributed by atoms with Crippen LogP contribution in [0.3, 0.4) is 0 Å². The molecule has 6 atom stereocenters. The predicted octanol–water partition coefficient (Wildman–Crippen LogP) is 2.08. The number of ether oxygens (including phenoxy) is 4. The van der Waals surface area contributed by atoms with E-state index in [1.165, 1.54) is 17.7 Å². The summed E-state index contributed by atoms with van der Waals surface area (Å²) in [5, 5.41) is 21.5. The number of fused-ring (bicyclic) bond motifs is 4. The molecule has 3 rings (SSSR count). The van der Waals surface area contributed by atoms with Gasteiger partial charge >= 0.3 is 23.9 Å². The molecular weight excluding hydrogens is 522 g/mol. The van der Waals surface area contributed by atoms with Crippen LogP contribution in [-0.4, -0.2) is 85.8 Å². The first kappa shape index (κ1) is 31.5. The van der Waals surface area contributed by atoms with Gasteiger partial charge in [0, 0.05) is 30.1 Å². The van der Waals surface area contributed by atoms with Gasteiger partial charge in [-0.1, -0.05) is 30.7 Å². The zero-order valence-corrected chi connectivity index (χ0v) is 23.4. The smallest absolute Gasteiger partial charge is 0.347 e. The highest BCUT2D eigenvalue weighted by Gasteiger charge is 2.65. The first-order valence-corrected chi connectivity index (χ1v) is 13.7. The van der Waals surface area contributed by atoms with Crippen LogP contribution in [0.15, 0.2) is 36.0 Å². The molecule has 1 saturated heterocycles. The number of hydrogen-bond acceptors (Lipinski definition) is 10. The number of rotatable bonds is 14. The maximum absolute atomic E-state index is 13.3. The van der Waals surface area contributed by atoms with Crippen LogP contribution >= 0.6 is 0 Å². The van der Waals surface area contributed by atoms with Crippen molar-refractivity contribution in [3.05, 3.63) is 36.0 Å². The zero-order chi connectivity index (χ0) is 29.3. The maximum atomic E-state index is 13.3.